The third-order valence-corrected chi connectivity index (χ3v) is 4.83. The molecule has 0 spiro atoms. The smallest absolute Gasteiger partial charge is 0.315 e. The van der Waals surface area contributed by atoms with Crippen LogP contribution in [0, 0.1) is 0 Å². The average molecular weight is 350 g/mol. The largest absolute Gasteiger partial charge is 0.465 e. The number of hydrogen-bond donors (Lipinski definition) is 1. The number of ether oxygens (including phenoxy) is 1. The van der Waals surface area contributed by atoms with Crippen LogP contribution in [0.3, 0.4) is 0 Å². The molecule has 0 amide bonds. The lowest BCUT2D eigenvalue weighted by Crippen LogP contribution is -2.12. The Kier molecular flexibility index (Phi) is 4.82. The van der Waals surface area contributed by atoms with Gasteiger partial charge in [0.15, 0.2) is 0 Å². The third-order valence-electron chi connectivity index (χ3n) is 3.04. The highest BCUT2D eigenvalue weighted by molar-refractivity contribution is 7.99. The van der Waals surface area contributed by atoms with Crippen LogP contribution in [0.1, 0.15) is 12.7 Å². The molecule has 6 nitrogen and oxygen atoms in total. The fourth-order valence-corrected chi connectivity index (χ4v) is 3.74. The first-order chi connectivity index (χ1) is 11.2. The van der Waals surface area contributed by atoms with E-state index in [-0.39, 0.29) is 17.3 Å². The van der Waals surface area contributed by atoms with Gasteiger partial charge >= 0.3 is 5.97 Å². The van der Waals surface area contributed by atoms with Crippen LogP contribution in [-0.4, -0.2) is 28.3 Å². The first-order valence-electron chi connectivity index (χ1n) is 6.96. The van der Waals surface area contributed by atoms with Gasteiger partial charge < -0.3 is 14.1 Å². The molecule has 0 saturated carbocycles. The summed E-state index contributed by atoms with van der Waals surface area (Å²) in [4.78, 5) is 31.5. The van der Waals surface area contributed by atoms with Gasteiger partial charge in [0.1, 0.15) is 16.4 Å². The van der Waals surface area contributed by atoms with Crippen molar-refractivity contribution >= 4 is 39.3 Å². The first-order valence-corrected chi connectivity index (χ1v) is 9.00. The molecule has 1 N–H and O–H groups in total. The average Bonchev–Trinajstić information content (AvgIpc) is 3.16. The fraction of sp³-hybridized carbons (Fsp3) is 0.267. The van der Waals surface area contributed by atoms with Crippen LogP contribution in [-0.2, 0) is 15.3 Å². The Balaban J connectivity index is 1.80. The number of H-pyrrole nitrogens is 1. The number of aromatic amines is 1. The minimum atomic E-state index is -0.267. The lowest BCUT2D eigenvalue weighted by atomic mass is 10.2. The van der Waals surface area contributed by atoms with E-state index in [0.29, 0.717) is 34.2 Å². The number of hydrogen-bond acceptors (Lipinski definition) is 7. The standard InChI is InChI=1S/C15H14N2O4S2/c1-2-20-12(18)8-22-7-11-16-14(19)13-9(6-23-15(13)17-11)10-4-3-5-21-10/h3-6H,2,7-8H2,1H3,(H,16,17,19). The zero-order valence-electron chi connectivity index (χ0n) is 12.3. The number of furan rings is 1. The summed E-state index contributed by atoms with van der Waals surface area (Å²) in [6.45, 7) is 2.13. The SMILES string of the molecule is CCOC(=O)CSCc1nc2scc(-c3ccco3)c2c(=O)[nH]1. The quantitative estimate of drug-likeness (QED) is 0.688. The molecule has 0 aromatic carbocycles. The van der Waals surface area contributed by atoms with Crippen molar-refractivity contribution in [2.24, 2.45) is 0 Å². The van der Waals surface area contributed by atoms with Crippen molar-refractivity contribution < 1.29 is 13.9 Å². The van der Waals surface area contributed by atoms with Gasteiger partial charge in [0.2, 0.25) is 0 Å². The van der Waals surface area contributed by atoms with Crippen LogP contribution in [0.15, 0.2) is 33.0 Å². The molecular formula is C15H14N2O4S2. The van der Waals surface area contributed by atoms with Gasteiger partial charge in [-0.2, -0.15) is 0 Å². The van der Waals surface area contributed by atoms with Crippen molar-refractivity contribution in [3.63, 3.8) is 0 Å². The monoisotopic (exact) mass is 350 g/mol. The molecule has 0 atom stereocenters. The minimum Gasteiger partial charge on any atom is -0.465 e. The zero-order chi connectivity index (χ0) is 16.2. The van der Waals surface area contributed by atoms with Crippen LogP contribution in [0.25, 0.3) is 21.5 Å². The summed E-state index contributed by atoms with van der Waals surface area (Å²) in [5.41, 5.74) is 0.545. The van der Waals surface area contributed by atoms with Gasteiger partial charge in [0.05, 0.1) is 29.8 Å². The number of nitrogens with one attached hydrogen (secondary N) is 1. The molecule has 3 aromatic heterocycles. The van der Waals surface area contributed by atoms with E-state index < -0.39 is 0 Å². The van der Waals surface area contributed by atoms with Gasteiger partial charge in [-0.3, -0.25) is 9.59 Å². The number of rotatable bonds is 6. The topological polar surface area (TPSA) is 85.2 Å². The summed E-state index contributed by atoms with van der Waals surface area (Å²) in [6.07, 6.45) is 1.57. The lowest BCUT2D eigenvalue weighted by Gasteiger charge is -2.02. The summed E-state index contributed by atoms with van der Waals surface area (Å²) in [5.74, 6) is 1.60. The Morgan fingerprint density at radius 2 is 2.39 bits per heavy atom. The molecule has 0 aliphatic heterocycles. The summed E-state index contributed by atoms with van der Waals surface area (Å²) in [6, 6.07) is 3.59. The van der Waals surface area contributed by atoms with Gasteiger partial charge in [-0.25, -0.2) is 4.98 Å². The van der Waals surface area contributed by atoms with Gasteiger partial charge in [-0.1, -0.05) is 0 Å². The second kappa shape index (κ2) is 7.01. The van der Waals surface area contributed by atoms with Crippen LogP contribution >= 0.6 is 23.1 Å². The highest BCUT2D eigenvalue weighted by atomic mass is 32.2. The summed E-state index contributed by atoms with van der Waals surface area (Å²) in [5, 5.41) is 2.39. The highest BCUT2D eigenvalue weighted by Crippen LogP contribution is 2.31. The van der Waals surface area contributed by atoms with E-state index in [2.05, 4.69) is 9.97 Å². The Labute approximate surface area is 139 Å². The Bertz CT molecular complexity index is 867. The van der Waals surface area contributed by atoms with Gasteiger partial charge in [-0.15, -0.1) is 23.1 Å². The van der Waals surface area contributed by atoms with E-state index >= 15 is 0 Å². The van der Waals surface area contributed by atoms with E-state index in [0.717, 1.165) is 5.56 Å². The summed E-state index contributed by atoms with van der Waals surface area (Å²) < 4.78 is 10.2. The van der Waals surface area contributed by atoms with Gasteiger partial charge in [0.25, 0.3) is 5.56 Å². The number of carbonyl (C=O) groups excluding carboxylic acids is 1. The first kappa shape index (κ1) is 15.8. The minimum absolute atomic E-state index is 0.200. The van der Waals surface area contributed by atoms with Crippen LogP contribution in [0.4, 0.5) is 0 Å². The number of thiophene rings is 1. The van der Waals surface area contributed by atoms with Crippen molar-refractivity contribution in [1.82, 2.24) is 9.97 Å². The maximum Gasteiger partial charge on any atom is 0.315 e. The second-order valence-electron chi connectivity index (χ2n) is 4.62. The Morgan fingerprint density at radius 1 is 1.52 bits per heavy atom. The van der Waals surface area contributed by atoms with Crippen LogP contribution < -0.4 is 5.56 Å². The molecule has 8 heteroatoms. The van der Waals surface area contributed by atoms with Crippen molar-refractivity contribution in [1.29, 1.82) is 0 Å². The molecule has 0 bridgehead atoms. The van der Waals surface area contributed by atoms with Crippen molar-refractivity contribution in [2.75, 3.05) is 12.4 Å². The number of thioether (sulfide) groups is 1. The molecule has 0 unspecified atom stereocenters. The van der Waals surface area contributed by atoms with Gasteiger partial charge in [0, 0.05) is 10.9 Å². The molecule has 0 saturated heterocycles. The maximum atomic E-state index is 12.3. The maximum absolute atomic E-state index is 12.3. The number of fused-ring (bicyclic) bond motifs is 1. The van der Waals surface area contributed by atoms with Crippen molar-refractivity contribution in [3.8, 4) is 11.3 Å². The molecule has 0 aliphatic carbocycles. The molecule has 0 aliphatic rings. The fourth-order valence-electron chi connectivity index (χ4n) is 2.11. The molecule has 3 aromatic rings. The normalized spacial score (nSPS) is 11.0. The number of carbonyl (C=O) groups is 1. The van der Waals surface area contributed by atoms with E-state index in [1.807, 2.05) is 11.4 Å². The molecule has 120 valence electrons. The summed E-state index contributed by atoms with van der Waals surface area (Å²) in [7, 11) is 0. The molecule has 3 rings (SSSR count). The third kappa shape index (κ3) is 3.48. The molecule has 0 fully saturated rings. The molecule has 0 radical (unpaired) electrons. The molecule has 3 heterocycles. The van der Waals surface area contributed by atoms with Crippen LogP contribution in [0.5, 0.6) is 0 Å². The van der Waals surface area contributed by atoms with E-state index in [1.54, 1.807) is 19.3 Å². The van der Waals surface area contributed by atoms with E-state index in [4.69, 9.17) is 9.15 Å². The number of aromatic nitrogens is 2. The number of nitrogens with zero attached hydrogens (tertiary/aromatic N) is 1. The highest BCUT2D eigenvalue weighted by Gasteiger charge is 2.14. The predicted molar refractivity (Wildman–Crippen MR) is 90.7 cm³/mol. The molecule has 23 heavy (non-hydrogen) atoms. The van der Waals surface area contributed by atoms with Crippen LogP contribution in [0.2, 0.25) is 0 Å². The Hall–Kier alpha value is -2.06. The number of esters is 1. The predicted octanol–water partition coefficient (Wildman–Crippen LogP) is 3.04. The van der Waals surface area contributed by atoms with Crippen molar-refractivity contribution in [3.05, 3.63) is 40.0 Å². The van der Waals surface area contributed by atoms with Crippen molar-refractivity contribution in [2.45, 2.75) is 12.7 Å². The van der Waals surface area contributed by atoms with Gasteiger partial charge in [-0.05, 0) is 19.1 Å². The summed E-state index contributed by atoms with van der Waals surface area (Å²) >= 11 is 2.75. The molecular weight excluding hydrogens is 336 g/mol. The lowest BCUT2D eigenvalue weighted by molar-refractivity contribution is -0.139. The Morgan fingerprint density at radius 3 is 3.13 bits per heavy atom. The van der Waals surface area contributed by atoms with E-state index in [1.165, 1.54) is 23.1 Å². The second-order valence-corrected chi connectivity index (χ2v) is 6.46. The zero-order valence-corrected chi connectivity index (χ0v) is 14.0. The van der Waals surface area contributed by atoms with E-state index in [9.17, 15) is 9.59 Å².